The molecule has 3 rings (SSSR count). The van der Waals surface area contributed by atoms with E-state index in [2.05, 4.69) is 15.6 Å². The highest BCUT2D eigenvalue weighted by molar-refractivity contribution is 7.21. The van der Waals surface area contributed by atoms with Gasteiger partial charge in [-0.05, 0) is 24.3 Å². The maximum Gasteiger partial charge on any atom is 0.314 e. The van der Waals surface area contributed by atoms with Gasteiger partial charge in [-0.15, -0.1) is 11.3 Å². The SMILES string of the molecule is CNC(=O)NCc1ccc(-c2nc3ccccc3s2)o1. The Morgan fingerprint density at radius 1 is 1.30 bits per heavy atom. The minimum absolute atomic E-state index is 0.233. The molecule has 2 amide bonds. The first-order chi connectivity index (χ1) is 9.76. The molecular weight excluding hydrogens is 274 g/mol. The lowest BCUT2D eigenvalue weighted by atomic mass is 10.3. The third-order valence-electron chi connectivity index (χ3n) is 2.82. The molecule has 6 heteroatoms. The first-order valence-electron chi connectivity index (χ1n) is 6.16. The number of hydrogen-bond donors (Lipinski definition) is 2. The van der Waals surface area contributed by atoms with Gasteiger partial charge >= 0.3 is 6.03 Å². The van der Waals surface area contributed by atoms with Gasteiger partial charge < -0.3 is 15.1 Å². The molecule has 0 aliphatic carbocycles. The van der Waals surface area contributed by atoms with Crippen molar-refractivity contribution in [1.29, 1.82) is 0 Å². The normalized spacial score (nSPS) is 10.7. The highest BCUT2D eigenvalue weighted by atomic mass is 32.1. The maximum atomic E-state index is 11.1. The van der Waals surface area contributed by atoms with Crippen LogP contribution >= 0.6 is 11.3 Å². The Morgan fingerprint density at radius 3 is 2.95 bits per heavy atom. The van der Waals surface area contributed by atoms with Crippen LogP contribution in [0.3, 0.4) is 0 Å². The molecule has 0 aliphatic heterocycles. The molecule has 0 saturated heterocycles. The van der Waals surface area contributed by atoms with E-state index in [0.717, 1.165) is 21.0 Å². The minimum Gasteiger partial charge on any atom is -0.457 e. The number of benzene rings is 1. The van der Waals surface area contributed by atoms with Gasteiger partial charge in [0, 0.05) is 7.05 Å². The number of fused-ring (bicyclic) bond motifs is 1. The van der Waals surface area contributed by atoms with Crippen LogP contribution in [0.2, 0.25) is 0 Å². The monoisotopic (exact) mass is 287 g/mol. The van der Waals surface area contributed by atoms with Crippen LogP contribution in [0.25, 0.3) is 21.0 Å². The number of thiazole rings is 1. The molecule has 0 unspecified atom stereocenters. The number of para-hydroxylation sites is 1. The van der Waals surface area contributed by atoms with E-state index >= 15 is 0 Å². The molecule has 5 nitrogen and oxygen atoms in total. The maximum absolute atomic E-state index is 11.1. The summed E-state index contributed by atoms with van der Waals surface area (Å²) in [6.45, 7) is 0.352. The second-order valence-electron chi connectivity index (χ2n) is 4.19. The fourth-order valence-corrected chi connectivity index (χ4v) is 2.75. The number of carbonyl (C=O) groups is 1. The summed E-state index contributed by atoms with van der Waals surface area (Å²) in [5.74, 6) is 1.42. The van der Waals surface area contributed by atoms with Gasteiger partial charge in [0.25, 0.3) is 0 Å². The first-order valence-corrected chi connectivity index (χ1v) is 6.98. The largest absolute Gasteiger partial charge is 0.457 e. The predicted molar refractivity (Wildman–Crippen MR) is 78.6 cm³/mol. The zero-order chi connectivity index (χ0) is 13.9. The number of furan rings is 1. The van der Waals surface area contributed by atoms with Crippen LogP contribution < -0.4 is 10.6 Å². The summed E-state index contributed by atoms with van der Waals surface area (Å²) in [4.78, 5) is 15.6. The molecule has 2 N–H and O–H groups in total. The summed E-state index contributed by atoms with van der Waals surface area (Å²) in [5, 5.41) is 6.01. The number of amides is 2. The zero-order valence-corrected chi connectivity index (χ0v) is 11.7. The fraction of sp³-hybridized carbons (Fsp3) is 0.143. The molecule has 1 aromatic carbocycles. The van der Waals surface area contributed by atoms with E-state index in [1.165, 1.54) is 0 Å². The second-order valence-corrected chi connectivity index (χ2v) is 5.22. The van der Waals surface area contributed by atoms with Gasteiger partial charge in [-0.25, -0.2) is 9.78 Å². The molecule has 2 heterocycles. The Balaban J connectivity index is 1.80. The average Bonchev–Trinajstić information content (AvgIpc) is 3.10. The van der Waals surface area contributed by atoms with Gasteiger partial charge in [-0.3, -0.25) is 0 Å². The molecule has 0 aliphatic rings. The van der Waals surface area contributed by atoms with Crippen molar-refractivity contribution in [1.82, 2.24) is 15.6 Å². The van der Waals surface area contributed by atoms with Crippen LogP contribution in [0.5, 0.6) is 0 Å². The van der Waals surface area contributed by atoms with E-state index in [9.17, 15) is 4.79 Å². The summed E-state index contributed by atoms with van der Waals surface area (Å²) in [7, 11) is 1.57. The van der Waals surface area contributed by atoms with E-state index < -0.39 is 0 Å². The van der Waals surface area contributed by atoms with Gasteiger partial charge in [0.05, 0.1) is 16.8 Å². The van der Waals surface area contributed by atoms with E-state index in [-0.39, 0.29) is 6.03 Å². The smallest absolute Gasteiger partial charge is 0.314 e. The summed E-state index contributed by atoms with van der Waals surface area (Å²) < 4.78 is 6.83. The van der Waals surface area contributed by atoms with E-state index in [0.29, 0.717) is 12.3 Å². The Kier molecular flexibility index (Phi) is 3.39. The molecule has 20 heavy (non-hydrogen) atoms. The fourth-order valence-electron chi connectivity index (χ4n) is 1.82. The minimum atomic E-state index is -0.233. The van der Waals surface area contributed by atoms with Crippen molar-refractivity contribution >= 4 is 27.6 Å². The molecular formula is C14H13N3O2S. The number of rotatable bonds is 3. The van der Waals surface area contributed by atoms with E-state index in [1.54, 1.807) is 18.4 Å². The number of nitrogens with zero attached hydrogens (tertiary/aromatic N) is 1. The van der Waals surface area contributed by atoms with Crippen LogP contribution in [-0.4, -0.2) is 18.1 Å². The van der Waals surface area contributed by atoms with Crippen molar-refractivity contribution in [2.45, 2.75) is 6.54 Å². The molecule has 0 radical (unpaired) electrons. The molecule has 0 saturated carbocycles. The summed E-state index contributed by atoms with van der Waals surface area (Å²) >= 11 is 1.59. The Labute approximate surface area is 119 Å². The summed E-state index contributed by atoms with van der Waals surface area (Å²) in [6.07, 6.45) is 0. The standard InChI is InChI=1S/C14H13N3O2S/c1-15-14(18)16-8-9-6-7-11(19-9)13-17-10-4-2-3-5-12(10)20-13/h2-7H,8H2,1H3,(H2,15,16,18). The Morgan fingerprint density at radius 2 is 2.15 bits per heavy atom. The van der Waals surface area contributed by atoms with Crippen LogP contribution in [0.15, 0.2) is 40.8 Å². The van der Waals surface area contributed by atoms with Gasteiger partial charge in [0.2, 0.25) is 0 Å². The number of urea groups is 1. The van der Waals surface area contributed by atoms with E-state index in [4.69, 9.17) is 4.42 Å². The van der Waals surface area contributed by atoms with Crippen molar-refractivity contribution in [3.63, 3.8) is 0 Å². The highest BCUT2D eigenvalue weighted by Gasteiger charge is 2.10. The lowest BCUT2D eigenvalue weighted by molar-refractivity contribution is 0.241. The van der Waals surface area contributed by atoms with Crippen molar-refractivity contribution in [3.05, 3.63) is 42.2 Å². The number of nitrogens with one attached hydrogen (secondary N) is 2. The molecule has 0 atom stereocenters. The summed E-state index contributed by atoms with van der Waals surface area (Å²) in [6, 6.07) is 11.5. The molecule has 0 fully saturated rings. The van der Waals surface area contributed by atoms with Crippen molar-refractivity contribution in [2.24, 2.45) is 0 Å². The molecule has 3 aromatic rings. The highest BCUT2D eigenvalue weighted by Crippen LogP contribution is 2.30. The van der Waals surface area contributed by atoms with Gasteiger partial charge in [0.1, 0.15) is 5.76 Å². The summed E-state index contributed by atoms with van der Waals surface area (Å²) in [5.41, 5.74) is 0.967. The Hall–Kier alpha value is -2.34. The van der Waals surface area contributed by atoms with Crippen molar-refractivity contribution in [2.75, 3.05) is 7.05 Å². The third-order valence-corrected chi connectivity index (χ3v) is 3.87. The average molecular weight is 287 g/mol. The first kappa shape index (κ1) is 12.7. The number of aromatic nitrogens is 1. The predicted octanol–water partition coefficient (Wildman–Crippen LogP) is 2.99. The van der Waals surface area contributed by atoms with Crippen LogP contribution in [-0.2, 0) is 6.54 Å². The topological polar surface area (TPSA) is 67.2 Å². The third kappa shape index (κ3) is 2.50. The van der Waals surface area contributed by atoms with Crippen LogP contribution in [0, 0.1) is 0 Å². The van der Waals surface area contributed by atoms with Crippen LogP contribution in [0.1, 0.15) is 5.76 Å². The molecule has 0 spiro atoms. The van der Waals surface area contributed by atoms with Gasteiger partial charge in [0.15, 0.2) is 10.8 Å². The quantitative estimate of drug-likeness (QED) is 0.778. The molecule has 2 aromatic heterocycles. The second kappa shape index (κ2) is 5.34. The molecule has 102 valence electrons. The van der Waals surface area contributed by atoms with Crippen molar-refractivity contribution < 1.29 is 9.21 Å². The van der Waals surface area contributed by atoms with Crippen molar-refractivity contribution in [3.8, 4) is 10.8 Å². The van der Waals surface area contributed by atoms with E-state index in [1.807, 2.05) is 36.4 Å². The number of hydrogen-bond acceptors (Lipinski definition) is 4. The lowest BCUT2D eigenvalue weighted by Gasteiger charge is -2.00. The Bertz CT molecular complexity index is 715. The van der Waals surface area contributed by atoms with Gasteiger partial charge in [-0.1, -0.05) is 12.1 Å². The van der Waals surface area contributed by atoms with Crippen LogP contribution in [0.4, 0.5) is 4.79 Å². The lowest BCUT2D eigenvalue weighted by Crippen LogP contribution is -2.31. The zero-order valence-electron chi connectivity index (χ0n) is 10.8. The molecule has 0 bridgehead atoms. The number of carbonyl (C=O) groups excluding carboxylic acids is 1. The van der Waals surface area contributed by atoms with Gasteiger partial charge in [-0.2, -0.15) is 0 Å².